The molecule has 3 aliphatic rings. The van der Waals surface area contributed by atoms with Gasteiger partial charge in [0.1, 0.15) is 0 Å². The lowest BCUT2D eigenvalue weighted by molar-refractivity contribution is -0.135. The van der Waals surface area contributed by atoms with Crippen molar-refractivity contribution in [3.63, 3.8) is 0 Å². The number of hydrogen-bond acceptors (Lipinski definition) is 3. The summed E-state index contributed by atoms with van der Waals surface area (Å²) in [6.45, 7) is 2.42. The van der Waals surface area contributed by atoms with Gasteiger partial charge in [-0.15, -0.1) is 11.3 Å². The Balaban J connectivity index is 1.44. The van der Waals surface area contributed by atoms with Crippen LogP contribution in [0.2, 0.25) is 0 Å². The Hall–Kier alpha value is -0.870. The third-order valence-electron chi connectivity index (χ3n) is 5.38. The summed E-state index contributed by atoms with van der Waals surface area (Å²) < 4.78 is 5.76. The number of carbonyl (C=O) groups is 1. The molecular weight excluding hydrogens is 282 g/mol. The molecular formula is C17H23NO2S. The van der Waals surface area contributed by atoms with Crippen molar-refractivity contribution in [2.24, 2.45) is 17.8 Å². The molecule has 2 heterocycles. The summed E-state index contributed by atoms with van der Waals surface area (Å²) in [6.07, 6.45) is 6.37. The van der Waals surface area contributed by atoms with Crippen molar-refractivity contribution in [1.82, 2.24) is 4.90 Å². The van der Waals surface area contributed by atoms with Crippen LogP contribution < -0.4 is 0 Å². The van der Waals surface area contributed by atoms with Crippen LogP contribution in [0, 0.1) is 17.8 Å². The zero-order valence-corrected chi connectivity index (χ0v) is 13.2. The van der Waals surface area contributed by atoms with E-state index in [1.54, 1.807) is 11.3 Å². The van der Waals surface area contributed by atoms with Crippen molar-refractivity contribution in [2.75, 3.05) is 13.2 Å². The van der Waals surface area contributed by atoms with Gasteiger partial charge in [-0.25, -0.2) is 0 Å². The summed E-state index contributed by atoms with van der Waals surface area (Å²) in [5.41, 5.74) is 0. The van der Waals surface area contributed by atoms with Crippen molar-refractivity contribution in [3.8, 4) is 0 Å². The molecule has 1 aromatic heterocycles. The zero-order valence-electron chi connectivity index (χ0n) is 12.4. The summed E-state index contributed by atoms with van der Waals surface area (Å²) in [4.78, 5) is 16.3. The topological polar surface area (TPSA) is 29.5 Å². The molecule has 4 rings (SSSR count). The van der Waals surface area contributed by atoms with Gasteiger partial charge in [-0.2, -0.15) is 0 Å². The lowest BCUT2D eigenvalue weighted by Gasteiger charge is -2.26. The van der Waals surface area contributed by atoms with Gasteiger partial charge in [0.05, 0.1) is 12.6 Å². The number of fused-ring (bicyclic) bond motifs is 1. The third kappa shape index (κ3) is 2.76. The molecule has 0 radical (unpaired) electrons. The highest BCUT2D eigenvalue weighted by molar-refractivity contribution is 7.09. The van der Waals surface area contributed by atoms with Gasteiger partial charge < -0.3 is 9.64 Å². The number of carbonyl (C=O) groups excluding carboxylic acids is 1. The van der Waals surface area contributed by atoms with E-state index in [9.17, 15) is 4.79 Å². The van der Waals surface area contributed by atoms with Crippen LogP contribution in [-0.4, -0.2) is 30.1 Å². The molecule has 0 N–H and O–H groups in total. The molecule has 3 fully saturated rings. The Morgan fingerprint density at radius 1 is 1.29 bits per heavy atom. The van der Waals surface area contributed by atoms with E-state index >= 15 is 0 Å². The highest BCUT2D eigenvalue weighted by Gasteiger charge is 2.57. The largest absolute Gasteiger partial charge is 0.376 e. The SMILES string of the molecule is O=C(C1[C@H]2CCC[C@@H]12)N(Cc1cccs1)C[C@@H]1CCCO1. The maximum absolute atomic E-state index is 12.9. The van der Waals surface area contributed by atoms with Crippen molar-refractivity contribution in [3.05, 3.63) is 22.4 Å². The van der Waals surface area contributed by atoms with Gasteiger partial charge in [0.2, 0.25) is 5.91 Å². The number of thiophene rings is 1. The van der Waals surface area contributed by atoms with Crippen molar-refractivity contribution in [2.45, 2.75) is 44.8 Å². The van der Waals surface area contributed by atoms with Crippen LogP contribution in [0.25, 0.3) is 0 Å². The van der Waals surface area contributed by atoms with Crippen molar-refractivity contribution in [1.29, 1.82) is 0 Å². The molecule has 2 saturated carbocycles. The fourth-order valence-electron chi connectivity index (χ4n) is 4.26. The average molecular weight is 305 g/mol. The molecule has 0 bridgehead atoms. The minimum absolute atomic E-state index is 0.257. The Labute approximate surface area is 130 Å². The summed E-state index contributed by atoms with van der Waals surface area (Å²) in [5.74, 6) is 2.13. The number of nitrogens with zero attached hydrogens (tertiary/aromatic N) is 1. The predicted octanol–water partition coefficient (Wildman–Crippen LogP) is 3.30. The van der Waals surface area contributed by atoms with Crippen LogP contribution in [0.5, 0.6) is 0 Å². The molecule has 1 amide bonds. The van der Waals surface area contributed by atoms with Gasteiger partial charge in [0.15, 0.2) is 0 Å². The number of amides is 1. The second kappa shape index (κ2) is 5.73. The Bertz CT molecular complexity index is 485. The molecule has 1 unspecified atom stereocenters. The van der Waals surface area contributed by atoms with Gasteiger partial charge in [0, 0.05) is 23.9 Å². The summed E-state index contributed by atoms with van der Waals surface area (Å²) in [6, 6.07) is 4.20. The Morgan fingerprint density at radius 2 is 2.14 bits per heavy atom. The summed E-state index contributed by atoms with van der Waals surface area (Å²) in [7, 11) is 0. The van der Waals surface area contributed by atoms with Gasteiger partial charge >= 0.3 is 0 Å². The second-order valence-electron chi connectivity index (χ2n) is 6.72. The first-order valence-electron chi connectivity index (χ1n) is 8.25. The fourth-order valence-corrected chi connectivity index (χ4v) is 4.98. The van der Waals surface area contributed by atoms with Gasteiger partial charge in [-0.05, 0) is 49.0 Å². The van der Waals surface area contributed by atoms with E-state index in [4.69, 9.17) is 4.74 Å². The van der Waals surface area contributed by atoms with E-state index in [0.717, 1.165) is 32.5 Å². The Morgan fingerprint density at radius 3 is 2.81 bits per heavy atom. The highest BCUT2D eigenvalue weighted by Crippen LogP contribution is 2.58. The first-order valence-corrected chi connectivity index (χ1v) is 9.13. The minimum atomic E-state index is 0.257. The van der Waals surface area contributed by atoms with Crippen molar-refractivity contribution < 1.29 is 9.53 Å². The van der Waals surface area contributed by atoms with Gasteiger partial charge in [0.25, 0.3) is 0 Å². The highest BCUT2D eigenvalue weighted by atomic mass is 32.1. The van der Waals surface area contributed by atoms with E-state index in [1.165, 1.54) is 24.1 Å². The molecule has 4 heteroatoms. The van der Waals surface area contributed by atoms with Crippen LogP contribution >= 0.6 is 11.3 Å². The predicted molar refractivity (Wildman–Crippen MR) is 83.0 cm³/mol. The monoisotopic (exact) mass is 305 g/mol. The first-order chi connectivity index (χ1) is 10.3. The summed E-state index contributed by atoms with van der Waals surface area (Å²) >= 11 is 1.75. The van der Waals surface area contributed by atoms with E-state index in [-0.39, 0.29) is 6.10 Å². The van der Waals surface area contributed by atoms with E-state index in [0.29, 0.717) is 23.7 Å². The first kappa shape index (κ1) is 13.8. The standard InChI is InChI=1S/C17H23NO2S/c19-17(16-14-6-1-7-15(14)16)18(10-12-4-2-8-20-12)11-13-5-3-9-21-13/h3,5,9,12,14-16H,1-2,4,6-8,10-11H2/t12-,14-,15+,16?/m0/s1. The van der Waals surface area contributed by atoms with Crippen LogP contribution in [0.1, 0.15) is 37.0 Å². The van der Waals surface area contributed by atoms with Crippen LogP contribution in [0.3, 0.4) is 0 Å². The molecule has 1 aliphatic heterocycles. The quantitative estimate of drug-likeness (QED) is 0.835. The molecule has 114 valence electrons. The molecule has 1 saturated heterocycles. The Kier molecular flexibility index (Phi) is 3.76. The molecule has 1 aromatic rings. The molecule has 4 atom stereocenters. The molecule has 21 heavy (non-hydrogen) atoms. The van der Waals surface area contributed by atoms with Crippen LogP contribution in [-0.2, 0) is 16.1 Å². The molecule has 0 aromatic carbocycles. The lowest BCUT2D eigenvalue weighted by atomic mass is 10.1. The lowest BCUT2D eigenvalue weighted by Crippen LogP contribution is -2.38. The number of ether oxygens (including phenoxy) is 1. The van der Waals surface area contributed by atoms with Gasteiger partial charge in [-0.1, -0.05) is 12.5 Å². The van der Waals surface area contributed by atoms with Gasteiger partial charge in [-0.3, -0.25) is 4.79 Å². The maximum atomic E-state index is 12.9. The van der Waals surface area contributed by atoms with Crippen LogP contribution in [0.4, 0.5) is 0 Å². The van der Waals surface area contributed by atoms with E-state index in [2.05, 4.69) is 22.4 Å². The zero-order chi connectivity index (χ0) is 14.2. The summed E-state index contributed by atoms with van der Waals surface area (Å²) in [5, 5.41) is 2.09. The average Bonchev–Trinajstić information content (AvgIpc) is 3.05. The minimum Gasteiger partial charge on any atom is -0.376 e. The van der Waals surface area contributed by atoms with Crippen LogP contribution in [0.15, 0.2) is 17.5 Å². The third-order valence-corrected chi connectivity index (χ3v) is 6.24. The molecule has 2 aliphatic carbocycles. The number of rotatable bonds is 5. The second-order valence-corrected chi connectivity index (χ2v) is 7.75. The molecule has 3 nitrogen and oxygen atoms in total. The van der Waals surface area contributed by atoms with Crippen molar-refractivity contribution >= 4 is 17.2 Å². The fraction of sp³-hybridized carbons (Fsp3) is 0.706. The smallest absolute Gasteiger partial charge is 0.226 e. The molecule has 0 spiro atoms. The van der Waals surface area contributed by atoms with E-state index < -0.39 is 0 Å². The normalized spacial score (nSPS) is 33.9. The number of hydrogen-bond donors (Lipinski definition) is 0. The maximum Gasteiger partial charge on any atom is 0.226 e. The van der Waals surface area contributed by atoms with E-state index in [1.807, 2.05) is 0 Å².